The molecule has 1 atom stereocenters. The number of rotatable bonds is 6. The van der Waals surface area contributed by atoms with Crippen LogP contribution in [-0.4, -0.2) is 23.3 Å². The lowest BCUT2D eigenvalue weighted by atomic mass is 10.0. The zero-order chi connectivity index (χ0) is 17.8. The van der Waals surface area contributed by atoms with E-state index in [1.807, 2.05) is 48.5 Å². The lowest BCUT2D eigenvalue weighted by Crippen LogP contribution is -2.38. The fourth-order valence-corrected chi connectivity index (χ4v) is 3.18. The molecule has 0 aromatic heterocycles. The molecule has 0 radical (unpaired) electrons. The molecule has 0 aliphatic carbocycles. The van der Waals surface area contributed by atoms with Crippen molar-refractivity contribution < 1.29 is 9.59 Å². The molecule has 0 bridgehead atoms. The molecule has 2 amide bonds. The fourth-order valence-electron chi connectivity index (χ4n) is 3.18. The average molecular weight is 334 g/mol. The van der Waals surface area contributed by atoms with Crippen LogP contribution in [0.3, 0.4) is 0 Å². The molecule has 4 heteroatoms. The van der Waals surface area contributed by atoms with Gasteiger partial charge >= 0.3 is 0 Å². The molecule has 0 saturated heterocycles. The summed E-state index contributed by atoms with van der Waals surface area (Å²) < 4.78 is 0. The minimum Gasteiger partial charge on any atom is -0.348 e. The maximum atomic E-state index is 12.6. The molecular formula is C21H22N2O2. The highest BCUT2D eigenvalue weighted by Gasteiger charge is 2.32. The highest BCUT2D eigenvalue weighted by atomic mass is 16.2. The highest BCUT2D eigenvalue weighted by Crippen LogP contribution is 2.30. The number of fused-ring (bicyclic) bond motifs is 1. The summed E-state index contributed by atoms with van der Waals surface area (Å²) in [4.78, 5) is 26.5. The van der Waals surface area contributed by atoms with Gasteiger partial charge in [-0.3, -0.25) is 14.5 Å². The van der Waals surface area contributed by atoms with Crippen LogP contribution in [0.5, 0.6) is 0 Å². The van der Waals surface area contributed by atoms with Crippen LogP contribution in [0, 0.1) is 0 Å². The second kappa shape index (κ2) is 7.34. The van der Waals surface area contributed by atoms with Crippen LogP contribution in [0.15, 0.2) is 61.2 Å². The number of carbonyl (C=O) groups excluding carboxylic acids is 2. The number of nitrogens with zero attached hydrogens (tertiary/aromatic N) is 1. The van der Waals surface area contributed by atoms with Crippen LogP contribution >= 0.6 is 0 Å². The molecule has 3 rings (SSSR count). The van der Waals surface area contributed by atoms with Crippen LogP contribution in [-0.2, 0) is 4.79 Å². The number of nitrogens with one attached hydrogen (secondary N) is 1. The van der Waals surface area contributed by atoms with Crippen molar-refractivity contribution in [1.29, 1.82) is 0 Å². The quantitative estimate of drug-likeness (QED) is 0.874. The molecule has 1 N–H and O–H groups in total. The maximum Gasteiger partial charge on any atom is 0.259 e. The van der Waals surface area contributed by atoms with E-state index in [1.54, 1.807) is 6.07 Å². The summed E-state index contributed by atoms with van der Waals surface area (Å²) in [5.41, 5.74) is 3.07. The summed E-state index contributed by atoms with van der Waals surface area (Å²) >= 11 is 0. The lowest BCUT2D eigenvalue weighted by Gasteiger charge is -2.22. The van der Waals surface area contributed by atoms with Gasteiger partial charge in [-0.15, -0.1) is 0 Å². The molecule has 0 fully saturated rings. The Morgan fingerprint density at radius 3 is 2.36 bits per heavy atom. The predicted octanol–water partition coefficient (Wildman–Crippen LogP) is 3.77. The Kier molecular flexibility index (Phi) is 4.98. The van der Waals surface area contributed by atoms with Gasteiger partial charge in [-0.1, -0.05) is 68.5 Å². The van der Waals surface area contributed by atoms with Crippen molar-refractivity contribution in [3.63, 3.8) is 0 Å². The van der Waals surface area contributed by atoms with Gasteiger partial charge in [0.05, 0.1) is 6.04 Å². The Labute approximate surface area is 148 Å². The van der Waals surface area contributed by atoms with Crippen molar-refractivity contribution in [3.05, 3.63) is 77.9 Å². The van der Waals surface area contributed by atoms with Crippen molar-refractivity contribution in [3.8, 4) is 0 Å². The van der Waals surface area contributed by atoms with E-state index in [2.05, 4.69) is 18.8 Å². The van der Waals surface area contributed by atoms with Crippen LogP contribution in [0.2, 0.25) is 0 Å². The second-order valence-corrected chi connectivity index (χ2v) is 6.20. The second-order valence-electron chi connectivity index (χ2n) is 6.20. The number of carbonyl (C=O) groups is 2. The van der Waals surface area contributed by atoms with Gasteiger partial charge in [-0.2, -0.15) is 0 Å². The number of hydrogen-bond donors (Lipinski definition) is 1. The van der Waals surface area contributed by atoms with E-state index >= 15 is 0 Å². The van der Waals surface area contributed by atoms with Crippen LogP contribution in [0.25, 0.3) is 5.70 Å². The first kappa shape index (κ1) is 17.0. The normalized spacial score (nSPS) is 14.4. The van der Waals surface area contributed by atoms with Crippen molar-refractivity contribution in [2.24, 2.45) is 0 Å². The number of benzene rings is 2. The first-order valence-corrected chi connectivity index (χ1v) is 8.56. The van der Waals surface area contributed by atoms with Crippen LogP contribution in [0.1, 0.15) is 47.3 Å². The van der Waals surface area contributed by atoms with E-state index in [0.717, 1.165) is 24.0 Å². The third-order valence-electron chi connectivity index (χ3n) is 4.46. The summed E-state index contributed by atoms with van der Waals surface area (Å²) in [6.45, 7) is 6.05. The van der Waals surface area contributed by atoms with Crippen molar-refractivity contribution >= 4 is 17.5 Å². The topological polar surface area (TPSA) is 49.4 Å². The largest absolute Gasteiger partial charge is 0.348 e. The van der Waals surface area contributed by atoms with Gasteiger partial charge in [-0.25, -0.2) is 0 Å². The van der Waals surface area contributed by atoms with Gasteiger partial charge in [0.2, 0.25) is 5.91 Å². The van der Waals surface area contributed by atoms with Crippen molar-refractivity contribution in [1.82, 2.24) is 10.2 Å². The molecule has 1 aliphatic rings. The maximum absolute atomic E-state index is 12.6. The van der Waals surface area contributed by atoms with Crippen LogP contribution in [0.4, 0.5) is 0 Å². The van der Waals surface area contributed by atoms with Gasteiger partial charge in [-0.05, 0) is 18.1 Å². The molecule has 128 valence electrons. The third-order valence-corrected chi connectivity index (χ3v) is 4.46. The summed E-state index contributed by atoms with van der Waals surface area (Å²) in [7, 11) is 0. The molecule has 2 aromatic carbocycles. The smallest absolute Gasteiger partial charge is 0.259 e. The monoisotopic (exact) mass is 334 g/mol. The van der Waals surface area contributed by atoms with Crippen molar-refractivity contribution in [2.75, 3.05) is 6.54 Å². The third kappa shape index (κ3) is 3.48. The van der Waals surface area contributed by atoms with Crippen LogP contribution < -0.4 is 5.32 Å². The molecule has 25 heavy (non-hydrogen) atoms. The standard InChI is InChI=1S/C21H22N2O2/c1-3-9-19(16-10-5-4-6-11-16)22-20(24)14-23-15(2)17-12-7-8-13-18(17)21(23)25/h4-8,10-13,19H,2-3,9,14H2,1H3,(H,22,24). The molecule has 1 heterocycles. The Morgan fingerprint density at radius 1 is 1.08 bits per heavy atom. The molecule has 0 spiro atoms. The van der Waals surface area contributed by atoms with E-state index in [1.165, 1.54) is 4.90 Å². The fraction of sp³-hybridized carbons (Fsp3) is 0.238. The Morgan fingerprint density at radius 2 is 1.72 bits per heavy atom. The highest BCUT2D eigenvalue weighted by molar-refractivity contribution is 6.10. The predicted molar refractivity (Wildman–Crippen MR) is 98.7 cm³/mol. The summed E-state index contributed by atoms with van der Waals surface area (Å²) in [5.74, 6) is -0.341. The van der Waals surface area contributed by atoms with E-state index < -0.39 is 0 Å². The molecule has 1 unspecified atom stereocenters. The molecule has 2 aromatic rings. The van der Waals surface area contributed by atoms with E-state index in [9.17, 15) is 9.59 Å². The molecule has 0 saturated carbocycles. The SMILES string of the molecule is C=C1c2ccccc2C(=O)N1CC(=O)NC(CCC)c1ccccc1. The Hall–Kier alpha value is -2.88. The summed E-state index contributed by atoms with van der Waals surface area (Å²) in [6, 6.07) is 17.2. The van der Waals surface area contributed by atoms with Gasteiger partial charge in [0.1, 0.15) is 6.54 Å². The zero-order valence-corrected chi connectivity index (χ0v) is 14.4. The summed E-state index contributed by atoms with van der Waals surface area (Å²) in [6.07, 6.45) is 1.81. The first-order chi connectivity index (χ1) is 12.1. The Balaban J connectivity index is 1.70. The van der Waals surface area contributed by atoms with E-state index in [4.69, 9.17) is 0 Å². The van der Waals surface area contributed by atoms with Gasteiger partial charge in [0, 0.05) is 16.8 Å². The van der Waals surface area contributed by atoms with E-state index in [-0.39, 0.29) is 24.4 Å². The van der Waals surface area contributed by atoms with Gasteiger partial charge < -0.3 is 5.32 Å². The van der Waals surface area contributed by atoms with Gasteiger partial charge in [0.15, 0.2) is 0 Å². The van der Waals surface area contributed by atoms with E-state index in [0.29, 0.717) is 11.3 Å². The average Bonchev–Trinajstić information content (AvgIpc) is 2.87. The first-order valence-electron chi connectivity index (χ1n) is 8.56. The molecular weight excluding hydrogens is 312 g/mol. The minimum absolute atomic E-state index is 0.0145. The lowest BCUT2D eigenvalue weighted by molar-refractivity contribution is -0.122. The Bertz CT molecular complexity index is 764. The molecule has 4 nitrogen and oxygen atoms in total. The van der Waals surface area contributed by atoms with Gasteiger partial charge in [0.25, 0.3) is 5.91 Å². The molecule has 1 aliphatic heterocycles. The summed E-state index contributed by atoms with van der Waals surface area (Å²) in [5, 5.41) is 3.06. The number of hydrogen-bond acceptors (Lipinski definition) is 2. The van der Waals surface area contributed by atoms with Crippen molar-refractivity contribution in [2.45, 2.75) is 25.8 Å². The number of amides is 2. The zero-order valence-electron chi connectivity index (χ0n) is 14.4. The minimum atomic E-state index is -0.176.